The van der Waals surface area contributed by atoms with Crippen molar-refractivity contribution in [1.82, 2.24) is 5.32 Å². The average molecular weight is 227 g/mol. The van der Waals surface area contributed by atoms with Gasteiger partial charge in [0, 0.05) is 12.5 Å². The molecule has 0 spiro atoms. The van der Waals surface area contributed by atoms with E-state index in [-0.39, 0.29) is 5.97 Å². The van der Waals surface area contributed by atoms with E-state index >= 15 is 0 Å². The number of carbonyl (C=O) groups excluding carboxylic acids is 1. The Labute approximate surface area is 98.9 Å². The van der Waals surface area contributed by atoms with E-state index in [0.29, 0.717) is 17.9 Å². The van der Waals surface area contributed by atoms with Gasteiger partial charge in [0.05, 0.1) is 7.11 Å². The SMILES string of the molecule is COC(=O)CCCNC1CCC(C)(C)CC1. The molecule has 1 rings (SSSR count). The lowest BCUT2D eigenvalue weighted by Crippen LogP contribution is -2.36. The van der Waals surface area contributed by atoms with E-state index in [1.54, 1.807) is 0 Å². The molecule has 0 amide bonds. The summed E-state index contributed by atoms with van der Waals surface area (Å²) in [6, 6.07) is 0.658. The van der Waals surface area contributed by atoms with Crippen LogP contribution in [0.1, 0.15) is 52.4 Å². The van der Waals surface area contributed by atoms with Crippen LogP contribution in [0.3, 0.4) is 0 Å². The summed E-state index contributed by atoms with van der Waals surface area (Å²) in [5.74, 6) is -0.105. The summed E-state index contributed by atoms with van der Waals surface area (Å²) in [5, 5.41) is 3.53. The maximum absolute atomic E-state index is 10.9. The molecule has 3 nitrogen and oxygen atoms in total. The number of methoxy groups -OCH3 is 1. The molecule has 1 fully saturated rings. The highest BCUT2D eigenvalue weighted by Crippen LogP contribution is 2.34. The molecule has 16 heavy (non-hydrogen) atoms. The topological polar surface area (TPSA) is 38.3 Å². The minimum atomic E-state index is -0.105. The largest absolute Gasteiger partial charge is 0.469 e. The summed E-state index contributed by atoms with van der Waals surface area (Å²) in [5.41, 5.74) is 0.532. The van der Waals surface area contributed by atoms with Gasteiger partial charge in [-0.05, 0) is 44.1 Å². The van der Waals surface area contributed by atoms with Gasteiger partial charge in [-0.25, -0.2) is 0 Å². The van der Waals surface area contributed by atoms with Gasteiger partial charge in [0.1, 0.15) is 0 Å². The van der Waals surface area contributed by atoms with Crippen molar-refractivity contribution < 1.29 is 9.53 Å². The quantitative estimate of drug-likeness (QED) is 0.579. The predicted molar refractivity (Wildman–Crippen MR) is 65.3 cm³/mol. The van der Waals surface area contributed by atoms with E-state index in [9.17, 15) is 4.79 Å². The lowest BCUT2D eigenvalue weighted by atomic mass is 9.75. The van der Waals surface area contributed by atoms with Crippen molar-refractivity contribution in [2.45, 2.75) is 58.4 Å². The van der Waals surface area contributed by atoms with Gasteiger partial charge in [-0.3, -0.25) is 4.79 Å². The molecule has 1 aliphatic carbocycles. The minimum Gasteiger partial charge on any atom is -0.469 e. The molecular formula is C13H25NO2. The lowest BCUT2D eigenvalue weighted by molar-refractivity contribution is -0.140. The van der Waals surface area contributed by atoms with Gasteiger partial charge in [0.15, 0.2) is 0 Å². The Balaban J connectivity index is 2.04. The van der Waals surface area contributed by atoms with Crippen molar-refractivity contribution in [2.75, 3.05) is 13.7 Å². The van der Waals surface area contributed by atoms with Crippen molar-refractivity contribution in [1.29, 1.82) is 0 Å². The highest BCUT2D eigenvalue weighted by Gasteiger charge is 2.26. The van der Waals surface area contributed by atoms with Gasteiger partial charge < -0.3 is 10.1 Å². The fourth-order valence-electron chi connectivity index (χ4n) is 2.24. The maximum atomic E-state index is 10.9. The number of carbonyl (C=O) groups is 1. The first kappa shape index (κ1) is 13.5. The molecule has 1 saturated carbocycles. The van der Waals surface area contributed by atoms with Crippen molar-refractivity contribution in [3.8, 4) is 0 Å². The second-order valence-corrected chi connectivity index (χ2v) is 5.57. The Hall–Kier alpha value is -0.570. The molecule has 0 saturated heterocycles. The van der Waals surface area contributed by atoms with Crippen molar-refractivity contribution >= 4 is 5.97 Å². The zero-order valence-electron chi connectivity index (χ0n) is 10.8. The first-order valence-electron chi connectivity index (χ1n) is 6.34. The fourth-order valence-corrected chi connectivity index (χ4v) is 2.24. The van der Waals surface area contributed by atoms with Crippen LogP contribution in [0.15, 0.2) is 0 Å². The highest BCUT2D eigenvalue weighted by atomic mass is 16.5. The zero-order valence-corrected chi connectivity index (χ0v) is 10.8. The lowest BCUT2D eigenvalue weighted by Gasteiger charge is -2.34. The van der Waals surface area contributed by atoms with Crippen molar-refractivity contribution in [2.24, 2.45) is 5.41 Å². The third-order valence-corrected chi connectivity index (χ3v) is 3.56. The Kier molecular flexibility index (Phi) is 5.26. The van der Waals surface area contributed by atoms with Crippen LogP contribution in [-0.2, 0) is 9.53 Å². The summed E-state index contributed by atoms with van der Waals surface area (Å²) in [4.78, 5) is 10.9. The molecule has 0 aliphatic heterocycles. The predicted octanol–water partition coefficient (Wildman–Crippen LogP) is 2.50. The number of esters is 1. The molecule has 0 unspecified atom stereocenters. The second-order valence-electron chi connectivity index (χ2n) is 5.57. The first-order chi connectivity index (χ1) is 7.53. The molecule has 94 valence electrons. The molecular weight excluding hydrogens is 202 g/mol. The molecule has 0 aromatic carbocycles. The molecule has 3 heteroatoms. The molecule has 1 aliphatic rings. The number of nitrogens with one attached hydrogen (secondary N) is 1. The highest BCUT2D eigenvalue weighted by molar-refractivity contribution is 5.69. The molecule has 0 aromatic rings. The Bertz CT molecular complexity index is 216. The van der Waals surface area contributed by atoms with E-state index in [2.05, 4.69) is 23.9 Å². The van der Waals surface area contributed by atoms with E-state index in [1.165, 1.54) is 32.8 Å². The van der Waals surface area contributed by atoms with Crippen molar-refractivity contribution in [3.05, 3.63) is 0 Å². The zero-order chi connectivity index (χ0) is 12.0. The summed E-state index contributed by atoms with van der Waals surface area (Å²) >= 11 is 0. The summed E-state index contributed by atoms with van der Waals surface area (Å²) < 4.78 is 4.60. The Morgan fingerprint density at radius 3 is 2.56 bits per heavy atom. The summed E-state index contributed by atoms with van der Waals surface area (Å²) in [7, 11) is 1.44. The van der Waals surface area contributed by atoms with Crippen LogP contribution < -0.4 is 5.32 Å². The van der Waals surface area contributed by atoms with Crippen LogP contribution in [0.4, 0.5) is 0 Å². The Morgan fingerprint density at radius 2 is 2.00 bits per heavy atom. The summed E-state index contributed by atoms with van der Waals surface area (Å²) in [6.45, 7) is 5.63. The Morgan fingerprint density at radius 1 is 1.38 bits per heavy atom. The van der Waals surface area contributed by atoms with Gasteiger partial charge in [-0.1, -0.05) is 13.8 Å². The van der Waals surface area contributed by atoms with Gasteiger partial charge in [0.25, 0.3) is 0 Å². The normalized spacial score (nSPS) is 20.7. The standard InChI is InChI=1S/C13H25NO2/c1-13(2)8-6-11(7-9-13)14-10-4-5-12(15)16-3/h11,14H,4-10H2,1-3H3. The van der Waals surface area contributed by atoms with E-state index in [0.717, 1.165) is 13.0 Å². The van der Waals surface area contributed by atoms with E-state index in [1.807, 2.05) is 0 Å². The first-order valence-corrected chi connectivity index (χ1v) is 6.34. The molecule has 0 bridgehead atoms. The molecule has 0 radical (unpaired) electrons. The van der Waals surface area contributed by atoms with Crippen LogP contribution in [0.5, 0.6) is 0 Å². The van der Waals surface area contributed by atoms with Crippen LogP contribution in [-0.4, -0.2) is 25.7 Å². The molecule has 1 N–H and O–H groups in total. The van der Waals surface area contributed by atoms with Crippen molar-refractivity contribution in [3.63, 3.8) is 0 Å². The van der Waals surface area contributed by atoms with Crippen LogP contribution in [0.2, 0.25) is 0 Å². The number of ether oxygens (including phenoxy) is 1. The van der Waals surface area contributed by atoms with Gasteiger partial charge in [-0.15, -0.1) is 0 Å². The second kappa shape index (κ2) is 6.24. The third-order valence-electron chi connectivity index (χ3n) is 3.56. The summed E-state index contributed by atoms with van der Waals surface area (Å²) in [6.07, 6.45) is 6.56. The molecule has 0 heterocycles. The fraction of sp³-hybridized carbons (Fsp3) is 0.923. The smallest absolute Gasteiger partial charge is 0.305 e. The van der Waals surface area contributed by atoms with Crippen LogP contribution in [0, 0.1) is 5.41 Å². The number of hydrogen-bond donors (Lipinski definition) is 1. The number of rotatable bonds is 5. The minimum absolute atomic E-state index is 0.105. The van der Waals surface area contributed by atoms with Gasteiger partial charge in [-0.2, -0.15) is 0 Å². The average Bonchev–Trinajstić information content (AvgIpc) is 2.26. The van der Waals surface area contributed by atoms with Gasteiger partial charge in [0.2, 0.25) is 0 Å². The number of hydrogen-bond acceptors (Lipinski definition) is 3. The maximum Gasteiger partial charge on any atom is 0.305 e. The van der Waals surface area contributed by atoms with Crippen LogP contribution >= 0.6 is 0 Å². The molecule has 0 aromatic heterocycles. The van der Waals surface area contributed by atoms with Crippen LogP contribution in [0.25, 0.3) is 0 Å². The van der Waals surface area contributed by atoms with Gasteiger partial charge >= 0.3 is 5.97 Å². The monoisotopic (exact) mass is 227 g/mol. The van der Waals surface area contributed by atoms with E-state index in [4.69, 9.17) is 0 Å². The molecule has 0 atom stereocenters. The van der Waals surface area contributed by atoms with E-state index < -0.39 is 0 Å². The third kappa shape index (κ3) is 4.97.